The second kappa shape index (κ2) is 5.58. The highest BCUT2D eigenvalue weighted by Gasteiger charge is 2.36. The van der Waals surface area contributed by atoms with Gasteiger partial charge >= 0.3 is 0 Å². The molecule has 4 heteroatoms. The molecule has 0 aliphatic heterocycles. The zero-order chi connectivity index (χ0) is 11.5. The van der Waals surface area contributed by atoms with Gasteiger partial charge in [-0.05, 0) is 25.0 Å². The first-order chi connectivity index (χ1) is 7.01. The molecule has 0 bridgehead atoms. The van der Waals surface area contributed by atoms with Gasteiger partial charge in [-0.3, -0.25) is 4.79 Å². The van der Waals surface area contributed by atoms with Gasteiger partial charge in [0.2, 0.25) is 5.91 Å². The zero-order valence-corrected chi connectivity index (χ0v) is 12.1. The van der Waals surface area contributed by atoms with E-state index in [0.29, 0.717) is 10.7 Å². The Bertz CT molecular complexity index is 223. The maximum atomic E-state index is 11.7. The van der Waals surface area contributed by atoms with Crippen molar-refractivity contribution in [3.05, 3.63) is 0 Å². The number of halogens is 1. The summed E-state index contributed by atoms with van der Waals surface area (Å²) in [6.45, 7) is 4.92. The van der Waals surface area contributed by atoms with Gasteiger partial charge in [0.1, 0.15) is 0 Å². The van der Waals surface area contributed by atoms with Crippen LogP contribution in [0.15, 0.2) is 0 Å². The topological polar surface area (TPSA) is 29.1 Å². The van der Waals surface area contributed by atoms with Gasteiger partial charge in [-0.15, -0.1) is 0 Å². The van der Waals surface area contributed by atoms with Crippen molar-refractivity contribution in [2.45, 2.75) is 42.7 Å². The average Bonchev–Trinajstić information content (AvgIpc) is 2.15. The van der Waals surface area contributed by atoms with Crippen molar-refractivity contribution in [2.24, 2.45) is 5.92 Å². The zero-order valence-electron chi connectivity index (χ0n) is 9.68. The molecule has 1 unspecified atom stereocenters. The second-order valence-electron chi connectivity index (χ2n) is 4.60. The molecule has 1 rings (SSSR count). The molecule has 1 atom stereocenters. The predicted molar refractivity (Wildman–Crippen MR) is 70.7 cm³/mol. The molecule has 0 saturated heterocycles. The van der Waals surface area contributed by atoms with E-state index >= 15 is 0 Å². The molecule has 1 fully saturated rings. The third-order valence-electron chi connectivity index (χ3n) is 3.12. The molecule has 0 aromatic carbocycles. The van der Waals surface area contributed by atoms with E-state index in [4.69, 9.17) is 0 Å². The summed E-state index contributed by atoms with van der Waals surface area (Å²) in [5, 5.41) is 3.05. The first-order valence-corrected chi connectivity index (χ1v) is 7.62. The number of thioether (sulfide) groups is 1. The lowest BCUT2D eigenvalue weighted by Gasteiger charge is -2.40. The Kier molecular flexibility index (Phi) is 4.97. The number of hydrogen-bond donors (Lipinski definition) is 1. The van der Waals surface area contributed by atoms with Crippen LogP contribution in [-0.4, -0.2) is 28.3 Å². The highest BCUT2D eigenvalue weighted by atomic mass is 79.9. The van der Waals surface area contributed by atoms with Gasteiger partial charge in [0.15, 0.2) is 0 Å². The van der Waals surface area contributed by atoms with Crippen LogP contribution >= 0.6 is 27.7 Å². The summed E-state index contributed by atoms with van der Waals surface area (Å²) in [6.07, 6.45) is 5.92. The SMILES string of the molecule is CSC1(CNC(=O)C(Br)C(C)C)CCC1. The van der Waals surface area contributed by atoms with E-state index in [1.54, 1.807) is 0 Å². The summed E-state index contributed by atoms with van der Waals surface area (Å²) in [4.78, 5) is 11.7. The van der Waals surface area contributed by atoms with Gasteiger partial charge in [0, 0.05) is 11.3 Å². The van der Waals surface area contributed by atoms with Gasteiger partial charge < -0.3 is 5.32 Å². The van der Waals surface area contributed by atoms with E-state index < -0.39 is 0 Å². The average molecular weight is 294 g/mol. The number of alkyl halides is 1. The summed E-state index contributed by atoms with van der Waals surface area (Å²) < 4.78 is 0.333. The number of nitrogens with one attached hydrogen (secondary N) is 1. The molecule has 1 aliphatic rings. The van der Waals surface area contributed by atoms with E-state index in [1.165, 1.54) is 19.3 Å². The van der Waals surface area contributed by atoms with E-state index in [2.05, 4.69) is 27.5 Å². The first-order valence-electron chi connectivity index (χ1n) is 5.48. The molecule has 0 radical (unpaired) electrons. The van der Waals surface area contributed by atoms with Gasteiger partial charge in [-0.1, -0.05) is 36.2 Å². The number of amides is 1. The molecule has 1 amide bonds. The molecule has 0 aromatic rings. The Labute approximate surface area is 105 Å². The van der Waals surface area contributed by atoms with Gasteiger partial charge in [-0.25, -0.2) is 0 Å². The van der Waals surface area contributed by atoms with Crippen molar-refractivity contribution in [1.29, 1.82) is 0 Å². The third-order valence-corrected chi connectivity index (χ3v) is 6.01. The molecule has 1 N–H and O–H groups in total. The highest BCUT2D eigenvalue weighted by molar-refractivity contribution is 9.10. The van der Waals surface area contributed by atoms with Crippen LogP contribution in [0.3, 0.4) is 0 Å². The lowest BCUT2D eigenvalue weighted by molar-refractivity contribution is -0.121. The van der Waals surface area contributed by atoms with Crippen molar-refractivity contribution in [3.63, 3.8) is 0 Å². The minimum absolute atomic E-state index is 0.0588. The van der Waals surface area contributed by atoms with Crippen LogP contribution in [0.2, 0.25) is 0 Å². The van der Waals surface area contributed by atoms with E-state index in [1.807, 2.05) is 25.6 Å². The predicted octanol–water partition coefficient (Wildman–Crippen LogP) is 2.81. The van der Waals surface area contributed by atoms with Crippen molar-refractivity contribution < 1.29 is 4.79 Å². The molecule has 0 aromatic heterocycles. The first kappa shape index (κ1) is 13.4. The largest absolute Gasteiger partial charge is 0.354 e. The van der Waals surface area contributed by atoms with Crippen molar-refractivity contribution in [1.82, 2.24) is 5.32 Å². The fraction of sp³-hybridized carbons (Fsp3) is 0.909. The number of hydrogen-bond acceptors (Lipinski definition) is 2. The summed E-state index contributed by atoms with van der Waals surface area (Å²) in [5.41, 5.74) is 0. The third kappa shape index (κ3) is 3.38. The normalized spacial score (nSPS) is 20.9. The van der Waals surface area contributed by atoms with Gasteiger partial charge in [-0.2, -0.15) is 11.8 Å². The summed E-state index contributed by atoms with van der Waals surface area (Å²) in [7, 11) is 0. The van der Waals surface area contributed by atoms with Crippen LogP contribution in [0.25, 0.3) is 0 Å². The molecule has 2 nitrogen and oxygen atoms in total. The molecule has 0 spiro atoms. The quantitative estimate of drug-likeness (QED) is 0.790. The molecule has 88 valence electrons. The fourth-order valence-electron chi connectivity index (χ4n) is 1.67. The summed E-state index contributed by atoms with van der Waals surface area (Å²) in [5.74, 6) is 0.474. The molecule has 15 heavy (non-hydrogen) atoms. The fourth-order valence-corrected chi connectivity index (χ4v) is 2.75. The van der Waals surface area contributed by atoms with E-state index in [9.17, 15) is 4.79 Å². The Morgan fingerprint density at radius 1 is 1.53 bits per heavy atom. The van der Waals surface area contributed by atoms with Gasteiger partial charge in [0.05, 0.1) is 4.83 Å². The lowest BCUT2D eigenvalue weighted by atomic mass is 9.84. The van der Waals surface area contributed by atoms with E-state index in [-0.39, 0.29) is 10.7 Å². The highest BCUT2D eigenvalue weighted by Crippen LogP contribution is 2.42. The second-order valence-corrected chi connectivity index (χ2v) is 6.87. The van der Waals surface area contributed by atoms with Crippen molar-refractivity contribution in [3.8, 4) is 0 Å². The van der Waals surface area contributed by atoms with Gasteiger partial charge in [0.25, 0.3) is 0 Å². The molecular weight excluding hydrogens is 274 g/mol. The van der Waals surface area contributed by atoms with Crippen LogP contribution in [0.4, 0.5) is 0 Å². The van der Waals surface area contributed by atoms with Crippen LogP contribution in [0.5, 0.6) is 0 Å². The number of rotatable bonds is 5. The number of carbonyl (C=O) groups excluding carboxylic acids is 1. The van der Waals surface area contributed by atoms with Crippen LogP contribution in [-0.2, 0) is 4.79 Å². The maximum absolute atomic E-state index is 11.7. The molecular formula is C11H20BrNOS. The Hall–Kier alpha value is 0.300. The lowest BCUT2D eigenvalue weighted by Crippen LogP contribution is -2.47. The van der Waals surface area contributed by atoms with Crippen molar-refractivity contribution in [2.75, 3.05) is 12.8 Å². The minimum Gasteiger partial charge on any atom is -0.354 e. The summed E-state index contributed by atoms with van der Waals surface area (Å²) >= 11 is 5.31. The Balaban J connectivity index is 2.33. The molecule has 0 heterocycles. The Morgan fingerprint density at radius 2 is 2.13 bits per heavy atom. The maximum Gasteiger partial charge on any atom is 0.234 e. The van der Waals surface area contributed by atoms with Crippen LogP contribution < -0.4 is 5.32 Å². The molecule has 1 aliphatic carbocycles. The monoisotopic (exact) mass is 293 g/mol. The smallest absolute Gasteiger partial charge is 0.234 e. The standard InChI is InChI=1S/C11H20BrNOS/c1-8(2)9(12)10(14)13-7-11(15-3)5-4-6-11/h8-9H,4-7H2,1-3H3,(H,13,14). The Morgan fingerprint density at radius 3 is 2.47 bits per heavy atom. The van der Waals surface area contributed by atoms with E-state index in [0.717, 1.165) is 6.54 Å². The summed E-state index contributed by atoms with van der Waals surface area (Å²) in [6, 6.07) is 0. The number of carbonyl (C=O) groups is 1. The molecule has 1 saturated carbocycles. The van der Waals surface area contributed by atoms with Crippen LogP contribution in [0.1, 0.15) is 33.1 Å². The van der Waals surface area contributed by atoms with Crippen molar-refractivity contribution >= 4 is 33.6 Å². The minimum atomic E-state index is -0.0588. The van der Waals surface area contributed by atoms with Crippen LogP contribution in [0, 0.1) is 5.92 Å².